The normalized spacial score (nSPS) is 12.5. The second-order valence-corrected chi connectivity index (χ2v) is 3.56. The van der Waals surface area contributed by atoms with E-state index >= 15 is 0 Å². The maximum absolute atomic E-state index is 12.0. The molecule has 0 fully saturated rings. The highest BCUT2D eigenvalue weighted by Crippen LogP contribution is 2.25. The van der Waals surface area contributed by atoms with Crippen LogP contribution in [0.15, 0.2) is 18.2 Å². The number of benzene rings is 1. The summed E-state index contributed by atoms with van der Waals surface area (Å²) in [6.45, 7) is 1.24. The molecule has 1 aromatic carbocycles. The van der Waals surface area contributed by atoms with Crippen molar-refractivity contribution in [2.45, 2.75) is 19.5 Å². The number of nitrogens with zero attached hydrogens (tertiary/aromatic N) is 1. The van der Waals surface area contributed by atoms with Gasteiger partial charge in [-0.2, -0.15) is 0 Å². The smallest absolute Gasteiger partial charge is 0.292 e. The van der Waals surface area contributed by atoms with Gasteiger partial charge in [0.25, 0.3) is 12.1 Å². The van der Waals surface area contributed by atoms with Crippen LogP contribution in [0.2, 0.25) is 0 Å². The molecule has 94 valence electrons. The molecule has 0 aliphatic carbocycles. The molecule has 5 nitrogen and oxygen atoms in total. The lowest BCUT2D eigenvalue weighted by Crippen LogP contribution is -2.27. The molecule has 2 N–H and O–H groups in total. The van der Waals surface area contributed by atoms with Gasteiger partial charge in [0.1, 0.15) is 11.8 Å². The van der Waals surface area contributed by atoms with Crippen molar-refractivity contribution in [3.8, 4) is 0 Å². The lowest BCUT2D eigenvalue weighted by Gasteiger charge is -2.12. The number of hydrogen-bond donors (Lipinski definition) is 2. The summed E-state index contributed by atoms with van der Waals surface area (Å²) < 4.78 is 24.1. The summed E-state index contributed by atoms with van der Waals surface area (Å²) in [6.07, 6.45) is -4.73. The molecule has 1 aromatic rings. The molecule has 0 spiro atoms. The van der Waals surface area contributed by atoms with E-state index in [0.717, 1.165) is 0 Å². The molecular weight excluding hydrogens is 234 g/mol. The number of rotatable bonds is 5. The number of aliphatic hydroxyl groups is 1. The highest BCUT2D eigenvalue weighted by atomic mass is 19.3. The van der Waals surface area contributed by atoms with Crippen molar-refractivity contribution in [1.29, 1.82) is 0 Å². The third-order valence-corrected chi connectivity index (χ3v) is 2.14. The number of nitro benzene ring substituents is 1. The Morgan fingerprint density at radius 3 is 2.71 bits per heavy atom. The van der Waals surface area contributed by atoms with E-state index in [1.807, 2.05) is 0 Å². The summed E-state index contributed by atoms with van der Waals surface area (Å²) in [5, 5.41) is 22.0. The van der Waals surface area contributed by atoms with Crippen molar-refractivity contribution >= 4 is 11.4 Å². The molecule has 0 saturated carbocycles. The van der Waals surface area contributed by atoms with Gasteiger partial charge in [-0.3, -0.25) is 10.1 Å². The number of halogens is 2. The highest BCUT2D eigenvalue weighted by molar-refractivity contribution is 5.62. The molecule has 1 atom stereocenters. The van der Waals surface area contributed by atoms with Crippen molar-refractivity contribution in [3.05, 3.63) is 33.9 Å². The molecular formula is C10H12F2N2O3. The molecule has 0 radical (unpaired) electrons. The zero-order valence-electron chi connectivity index (χ0n) is 9.06. The topological polar surface area (TPSA) is 75.4 Å². The largest absolute Gasteiger partial charge is 0.385 e. The molecule has 17 heavy (non-hydrogen) atoms. The number of nitro groups is 1. The first-order valence-electron chi connectivity index (χ1n) is 4.87. The van der Waals surface area contributed by atoms with E-state index in [9.17, 15) is 18.9 Å². The minimum Gasteiger partial charge on any atom is -0.385 e. The van der Waals surface area contributed by atoms with E-state index in [-0.39, 0.29) is 11.4 Å². The first-order valence-corrected chi connectivity index (χ1v) is 4.87. The van der Waals surface area contributed by atoms with Crippen molar-refractivity contribution in [3.63, 3.8) is 0 Å². The third-order valence-electron chi connectivity index (χ3n) is 2.14. The highest BCUT2D eigenvalue weighted by Gasteiger charge is 2.19. The summed E-state index contributed by atoms with van der Waals surface area (Å²) in [7, 11) is 0. The Morgan fingerprint density at radius 1 is 1.53 bits per heavy atom. The average Bonchev–Trinajstić information content (AvgIpc) is 2.26. The van der Waals surface area contributed by atoms with Crippen molar-refractivity contribution in [2.24, 2.45) is 0 Å². The fraction of sp³-hybridized carbons (Fsp3) is 0.400. The first kappa shape index (κ1) is 13.3. The molecule has 1 rings (SSSR count). The van der Waals surface area contributed by atoms with Crippen LogP contribution in [-0.4, -0.2) is 29.1 Å². The number of anilines is 1. The minimum atomic E-state index is -2.88. The van der Waals surface area contributed by atoms with Gasteiger partial charge in [0.05, 0.1) is 4.92 Å². The second-order valence-electron chi connectivity index (χ2n) is 3.56. The van der Waals surface area contributed by atoms with Crippen molar-refractivity contribution in [1.82, 2.24) is 0 Å². The van der Waals surface area contributed by atoms with Gasteiger partial charge in [-0.25, -0.2) is 8.78 Å². The maximum Gasteiger partial charge on any atom is 0.292 e. The predicted molar refractivity (Wildman–Crippen MR) is 58.3 cm³/mol. The first-order chi connectivity index (χ1) is 7.91. The Labute approximate surface area is 96.2 Å². The fourth-order valence-electron chi connectivity index (χ4n) is 1.25. The minimum absolute atomic E-state index is 0.111. The summed E-state index contributed by atoms with van der Waals surface area (Å²) in [5.74, 6) is 0. The number of aliphatic hydroxyl groups excluding tert-OH is 1. The van der Waals surface area contributed by atoms with E-state index in [2.05, 4.69) is 5.32 Å². The van der Waals surface area contributed by atoms with Crippen LogP contribution < -0.4 is 5.32 Å². The van der Waals surface area contributed by atoms with Crippen LogP contribution >= 0.6 is 0 Å². The molecule has 0 aliphatic heterocycles. The Kier molecular flexibility index (Phi) is 4.33. The Bertz CT molecular complexity index is 413. The predicted octanol–water partition coefficient (Wildman–Crippen LogP) is 1.94. The van der Waals surface area contributed by atoms with Gasteiger partial charge in [-0.15, -0.1) is 0 Å². The van der Waals surface area contributed by atoms with E-state index < -0.39 is 24.0 Å². The fourth-order valence-corrected chi connectivity index (χ4v) is 1.25. The standard InChI is InChI=1S/C10H12F2N2O3/c1-6-2-3-7(8(4-6)14(16)17)13-5-9(15)10(11)12/h2-4,9-10,13,15H,5H2,1H3. The molecule has 0 bridgehead atoms. The van der Waals surface area contributed by atoms with E-state index in [1.165, 1.54) is 12.1 Å². The summed E-state index contributed by atoms with van der Waals surface area (Å²) in [4.78, 5) is 10.1. The molecule has 0 aliphatic rings. The number of aryl methyl sites for hydroxylation is 1. The summed E-state index contributed by atoms with van der Waals surface area (Å²) in [6, 6.07) is 4.37. The molecule has 7 heteroatoms. The van der Waals surface area contributed by atoms with E-state index in [0.29, 0.717) is 5.56 Å². The number of nitrogens with one attached hydrogen (secondary N) is 1. The molecule has 0 aromatic heterocycles. The van der Waals surface area contributed by atoms with E-state index in [1.54, 1.807) is 13.0 Å². The van der Waals surface area contributed by atoms with Gasteiger partial charge in [0, 0.05) is 12.6 Å². The van der Waals surface area contributed by atoms with Gasteiger partial charge < -0.3 is 10.4 Å². The van der Waals surface area contributed by atoms with Crippen LogP contribution in [0, 0.1) is 17.0 Å². The Hall–Kier alpha value is -1.76. The van der Waals surface area contributed by atoms with Crippen LogP contribution in [-0.2, 0) is 0 Å². The van der Waals surface area contributed by atoms with Gasteiger partial charge >= 0.3 is 0 Å². The Morgan fingerprint density at radius 2 is 2.18 bits per heavy atom. The molecule has 1 unspecified atom stereocenters. The van der Waals surface area contributed by atoms with E-state index in [4.69, 9.17) is 5.11 Å². The van der Waals surface area contributed by atoms with Crippen LogP contribution in [0.1, 0.15) is 5.56 Å². The van der Waals surface area contributed by atoms with Crippen LogP contribution in [0.5, 0.6) is 0 Å². The number of alkyl halides is 2. The van der Waals surface area contributed by atoms with Gasteiger partial charge in [0.2, 0.25) is 0 Å². The maximum atomic E-state index is 12.0. The lowest BCUT2D eigenvalue weighted by molar-refractivity contribution is -0.384. The molecule has 0 amide bonds. The van der Waals surface area contributed by atoms with Gasteiger partial charge in [0.15, 0.2) is 0 Å². The number of hydrogen-bond acceptors (Lipinski definition) is 4. The SMILES string of the molecule is Cc1ccc(NCC(O)C(F)F)c([N+](=O)[O-])c1. The van der Waals surface area contributed by atoms with Crippen LogP contribution in [0.3, 0.4) is 0 Å². The van der Waals surface area contributed by atoms with Gasteiger partial charge in [-0.05, 0) is 18.6 Å². The average molecular weight is 246 g/mol. The van der Waals surface area contributed by atoms with Crippen LogP contribution in [0.4, 0.5) is 20.2 Å². The monoisotopic (exact) mass is 246 g/mol. The third kappa shape index (κ3) is 3.63. The molecule has 0 heterocycles. The second kappa shape index (κ2) is 5.53. The van der Waals surface area contributed by atoms with Crippen molar-refractivity contribution < 1.29 is 18.8 Å². The van der Waals surface area contributed by atoms with Crippen molar-refractivity contribution in [2.75, 3.05) is 11.9 Å². The van der Waals surface area contributed by atoms with Crippen LogP contribution in [0.25, 0.3) is 0 Å². The quantitative estimate of drug-likeness (QED) is 0.615. The summed E-state index contributed by atoms with van der Waals surface area (Å²) in [5.41, 5.74) is 0.600. The lowest BCUT2D eigenvalue weighted by atomic mass is 10.2. The molecule has 0 saturated heterocycles. The summed E-state index contributed by atoms with van der Waals surface area (Å²) >= 11 is 0. The zero-order chi connectivity index (χ0) is 13.0. The Balaban J connectivity index is 2.80. The zero-order valence-corrected chi connectivity index (χ0v) is 9.06. The van der Waals surface area contributed by atoms with Gasteiger partial charge in [-0.1, -0.05) is 6.07 Å².